The number of hydrogen-bond donors (Lipinski definition) is 1. The molecular formula is C8H17NO3S. The summed E-state index contributed by atoms with van der Waals surface area (Å²) in [6.07, 6.45) is 2.52. The lowest BCUT2D eigenvalue weighted by Gasteiger charge is -2.01. The molecule has 13 heavy (non-hydrogen) atoms. The maximum atomic E-state index is 11.2. The summed E-state index contributed by atoms with van der Waals surface area (Å²) in [6.45, 7) is 2.01. The van der Waals surface area contributed by atoms with Gasteiger partial charge in [0.25, 0.3) is 0 Å². The first kappa shape index (κ1) is 12.4. The van der Waals surface area contributed by atoms with Crippen molar-refractivity contribution in [1.29, 1.82) is 0 Å². The standard InChI is InChI=1S/C8H17NO3S/c1-2-3-4-6-13(11,12)7-5-8(9)10/h2-7H2,1H3,(H2,9,10). The molecule has 78 valence electrons. The van der Waals surface area contributed by atoms with Gasteiger partial charge in [0.15, 0.2) is 9.84 Å². The van der Waals surface area contributed by atoms with Crippen LogP contribution in [0.3, 0.4) is 0 Å². The van der Waals surface area contributed by atoms with Crippen molar-refractivity contribution in [3.8, 4) is 0 Å². The van der Waals surface area contributed by atoms with Gasteiger partial charge in [0.1, 0.15) is 0 Å². The highest BCUT2D eigenvalue weighted by Crippen LogP contribution is 2.01. The van der Waals surface area contributed by atoms with E-state index in [4.69, 9.17) is 5.73 Å². The van der Waals surface area contributed by atoms with E-state index < -0.39 is 15.7 Å². The van der Waals surface area contributed by atoms with Crippen LogP contribution < -0.4 is 5.73 Å². The molecule has 0 aromatic carbocycles. The molecule has 0 aromatic rings. The molecule has 0 saturated heterocycles. The van der Waals surface area contributed by atoms with Crippen molar-refractivity contribution in [3.63, 3.8) is 0 Å². The van der Waals surface area contributed by atoms with Gasteiger partial charge in [0.05, 0.1) is 11.5 Å². The van der Waals surface area contributed by atoms with Crippen LogP contribution in [-0.2, 0) is 14.6 Å². The van der Waals surface area contributed by atoms with Gasteiger partial charge in [-0.1, -0.05) is 19.8 Å². The smallest absolute Gasteiger partial charge is 0.218 e. The fraction of sp³-hybridized carbons (Fsp3) is 0.875. The molecule has 5 heteroatoms. The number of sulfone groups is 1. The van der Waals surface area contributed by atoms with Gasteiger partial charge in [-0.15, -0.1) is 0 Å². The number of unbranched alkanes of at least 4 members (excludes halogenated alkanes) is 2. The van der Waals surface area contributed by atoms with Crippen LogP contribution in [0.1, 0.15) is 32.6 Å². The van der Waals surface area contributed by atoms with Crippen LogP contribution in [0.25, 0.3) is 0 Å². The third-order valence-electron chi connectivity index (χ3n) is 1.72. The average molecular weight is 207 g/mol. The van der Waals surface area contributed by atoms with Crippen LogP contribution >= 0.6 is 0 Å². The topological polar surface area (TPSA) is 77.2 Å². The summed E-state index contributed by atoms with van der Waals surface area (Å²) in [5.41, 5.74) is 4.85. The Hall–Kier alpha value is -0.580. The summed E-state index contributed by atoms with van der Waals surface area (Å²) < 4.78 is 22.4. The van der Waals surface area contributed by atoms with E-state index in [9.17, 15) is 13.2 Å². The number of nitrogens with two attached hydrogens (primary N) is 1. The molecule has 0 aliphatic rings. The van der Waals surface area contributed by atoms with Crippen LogP contribution in [0.15, 0.2) is 0 Å². The summed E-state index contributed by atoms with van der Waals surface area (Å²) in [7, 11) is -3.05. The van der Waals surface area contributed by atoms with Gasteiger partial charge in [-0.05, 0) is 6.42 Å². The van der Waals surface area contributed by atoms with Crippen LogP contribution in [0.2, 0.25) is 0 Å². The Bertz CT molecular complexity index is 246. The highest BCUT2D eigenvalue weighted by molar-refractivity contribution is 7.91. The first-order chi connectivity index (χ1) is 5.98. The Morgan fingerprint density at radius 1 is 1.23 bits per heavy atom. The van der Waals surface area contributed by atoms with Gasteiger partial charge in [-0.2, -0.15) is 0 Å². The van der Waals surface area contributed by atoms with Crippen molar-refractivity contribution in [2.24, 2.45) is 5.73 Å². The first-order valence-corrected chi connectivity index (χ1v) is 6.29. The van der Waals surface area contributed by atoms with E-state index in [2.05, 4.69) is 0 Å². The molecule has 2 N–H and O–H groups in total. The van der Waals surface area contributed by atoms with Crippen LogP contribution in [0, 0.1) is 0 Å². The highest BCUT2D eigenvalue weighted by Gasteiger charge is 2.11. The SMILES string of the molecule is CCCCCS(=O)(=O)CCC(N)=O. The lowest BCUT2D eigenvalue weighted by molar-refractivity contribution is -0.117. The Kier molecular flexibility index (Phi) is 5.70. The minimum Gasteiger partial charge on any atom is -0.370 e. The number of carbonyl (C=O) groups is 1. The van der Waals surface area contributed by atoms with Gasteiger partial charge in [0, 0.05) is 6.42 Å². The first-order valence-electron chi connectivity index (χ1n) is 4.46. The Morgan fingerprint density at radius 2 is 1.85 bits per heavy atom. The molecule has 0 aliphatic heterocycles. The van der Waals surface area contributed by atoms with E-state index in [1.54, 1.807) is 0 Å². The van der Waals surface area contributed by atoms with E-state index >= 15 is 0 Å². The number of rotatable bonds is 7. The molecule has 0 spiro atoms. The predicted molar refractivity (Wildman–Crippen MR) is 52.0 cm³/mol. The molecule has 1 amide bonds. The molecule has 0 bridgehead atoms. The van der Waals surface area contributed by atoms with Crippen molar-refractivity contribution < 1.29 is 13.2 Å². The number of amides is 1. The van der Waals surface area contributed by atoms with Crippen molar-refractivity contribution in [1.82, 2.24) is 0 Å². The fourth-order valence-electron chi connectivity index (χ4n) is 0.930. The summed E-state index contributed by atoms with van der Waals surface area (Å²) in [5, 5.41) is 0. The maximum absolute atomic E-state index is 11.2. The van der Waals surface area contributed by atoms with E-state index in [0.717, 1.165) is 12.8 Å². The zero-order chi connectivity index (χ0) is 10.3. The summed E-state index contributed by atoms with van der Waals surface area (Å²) >= 11 is 0. The molecule has 0 rings (SSSR count). The summed E-state index contributed by atoms with van der Waals surface area (Å²) in [5.74, 6) is -0.487. The molecule has 0 fully saturated rings. The second kappa shape index (κ2) is 5.96. The third kappa shape index (κ3) is 7.77. The molecule has 0 atom stereocenters. The minimum absolute atomic E-state index is 0.0611. The molecule has 0 aliphatic carbocycles. The minimum atomic E-state index is -3.05. The molecular weight excluding hydrogens is 190 g/mol. The monoisotopic (exact) mass is 207 g/mol. The van der Waals surface area contributed by atoms with E-state index in [-0.39, 0.29) is 17.9 Å². The third-order valence-corrected chi connectivity index (χ3v) is 3.46. The van der Waals surface area contributed by atoms with Gasteiger partial charge in [-0.3, -0.25) is 4.79 Å². The predicted octanol–water partition coefficient (Wildman–Crippen LogP) is 0.467. The zero-order valence-electron chi connectivity index (χ0n) is 7.95. The highest BCUT2D eigenvalue weighted by atomic mass is 32.2. The summed E-state index contributed by atoms with van der Waals surface area (Å²) in [6, 6.07) is 0. The molecule has 4 nitrogen and oxygen atoms in total. The summed E-state index contributed by atoms with van der Waals surface area (Å²) in [4.78, 5) is 10.3. The van der Waals surface area contributed by atoms with Crippen molar-refractivity contribution in [2.45, 2.75) is 32.6 Å². The van der Waals surface area contributed by atoms with Crippen LogP contribution in [0.5, 0.6) is 0 Å². The molecule has 0 radical (unpaired) electrons. The quantitative estimate of drug-likeness (QED) is 0.616. The second-order valence-corrected chi connectivity index (χ2v) is 5.38. The number of primary amides is 1. The number of carbonyl (C=O) groups excluding carboxylic acids is 1. The van der Waals surface area contributed by atoms with Crippen LogP contribution in [-0.4, -0.2) is 25.8 Å². The van der Waals surface area contributed by atoms with Gasteiger partial charge >= 0.3 is 0 Å². The largest absolute Gasteiger partial charge is 0.370 e. The van der Waals surface area contributed by atoms with Crippen molar-refractivity contribution >= 4 is 15.7 Å². The Balaban J connectivity index is 3.74. The molecule has 0 saturated carbocycles. The number of hydrogen-bond acceptors (Lipinski definition) is 3. The van der Waals surface area contributed by atoms with E-state index in [0.29, 0.717) is 6.42 Å². The van der Waals surface area contributed by atoms with Crippen molar-refractivity contribution in [2.75, 3.05) is 11.5 Å². The van der Waals surface area contributed by atoms with E-state index in [1.807, 2.05) is 6.92 Å². The lowest BCUT2D eigenvalue weighted by Crippen LogP contribution is -2.19. The van der Waals surface area contributed by atoms with Gasteiger partial charge in [0.2, 0.25) is 5.91 Å². The van der Waals surface area contributed by atoms with Gasteiger partial charge < -0.3 is 5.73 Å². The van der Waals surface area contributed by atoms with Gasteiger partial charge in [-0.25, -0.2) is 8.42 Å². The molecule has 0 aromatic heterocycles. The lowest BCUT2D eigenvalue weighted by atomic mass is 10.3. The maximum Gasteiger partial charge on any atom is 0.218 e. The van der Waals surface area contributed by atoms with Crippen LogP contribution in [0.4, 0.5) is 0 Å². The zero-order valence-corrected chi connectivity index (χ0v) is 8.77. The average Bonchev–Trinajstić information content (AvgIpc) is 2.02. The normalized spacial score (nSPS) is 11.5. The Morgan fingerprint density at radius 3 is 2.31 bits per heavy atom. The second-order valence-electron chi connectivity index (χ2n) is 3.08. The molecule has 0 heterocycles. The molecule has 0 unspecified atom stereocenters. The van der Waals surface area contributed by atoms with Crippen molar-refractivity contribution in [3.05, 3.63) is 0 Å². The fourth-order valence-corrected chi connectivity index (χ4v) is 2.29. The van der Waals surface area contributed by atoms with E-state index in [1.165, 1.54) is 0 Å². The Labute approximate surface area is 79.4 Å².